The van der Waals surface area contributed by atoms with Gasteiger partial charge in [0.05, 0.1) is 0 Å². The normalized spacial score (nSPS) is 21.4. The van der Waals surface area contributed by atoms with Gasteiger partial charge in [-0.3, -0.25) is 14.9 Å². The highest BCUT2D eigenvalue weighted by atomic mass is 16.4. The summed E-state index contributed by atoms with van der Waals surface area (Å²) in [6.07, 6.45) is -0.0350. The molecule has 3 amide bonds. The number of likely N-dealkylation sites (N-methyl/N-ethyl adjacent to an activating group) is 1. The summed E-state index contributed by atoms with van der Waals surface area (Å²) < 4.78 is 0. The van der Waals surface area contributed by atoms with Gasteiger partial charge in [0, 0.05) is 38.5 Å². The SMILES string of the molecule is CC(CC(=O)O)CC(=O)NC(=O)N1CCN(C)CC1C. The van der Waals surface area contributed by atoms with E-state index in [-0.39, 0.29) is 24.8 Å². The number of carboxylic acids is 1. The predicted octanol–water partition coefficient (Wildman–Crippen LogP) is 0.359. The van der Waals surface area contributed by atoms with Gasteiger partial charge in [-0.2, -0.15) is 0 Å². The maximum absolute atomic E-state index is 12.0. The number of imide groups is 1. The van der Waals surface area contributed by atoms with Crippen molar-refractivity contribution in [2.75, 3.05) is 26.7 Å². The summed E-state index contributed by atoms with van der Waals surface area (Å²) in [7, 11) is 1.99. The molecule has 1 aliphatic heterocycles. The van der Waals surface area contributed by atoms with E-state index in [9.17, 15) is 14.4 Å². The summed E-state index contributed by atoms with van der Waals surface area (Å²) in [5.74, 6) is -1.65. The van der Waals surface area contributed by atoms with Crippen molar-refractivity contribution in [1.29, 1.82) is 0 Å². The van der Waals surface area contributed by atoms with E-state index in [2.05, 4.69) is 10.2 Å². The van der Waals surface area contributed by atoms with Crippen LogP contribution in [0.15, 0.2) is 0 Å². The van der Waals surface area contributed by atoms with Crippen LogP contribution in [-0.2, 0) is 9.59 Å². The third kappa shape index (κ3) is 5.16. The highest BCUT2D eigenvalue weighted by Gasteiger charge is 2.27. The van der Waals surface area contributed by atoms with Crippen LogP contribution in [0.25, 0.3) is 0 Å². The van der Waals surface area contributed by atoms with E-state index in [1.807, 2.05) is 14.0 Å². The highest BCUT2D eigenvalue weighted by molar-refractivity contribution is 5.94. The Morgan fingerprint density at radius 3 is 2.50 bits per heavy atom. The molecule has 0 spiro atoms. The number of nitrogens with zero attached hydrogens (tertiary/aromatic N) is 2. The maximum Gasteiger partial charge on any atom is 0.324 e. The Labute approximate surface area is 118 Å². The van der Waals surface area contributed by atoms with Crippen LogP contribution in [-0.4, -0.2) is 65.5 Å². The number of carboxylic acid groups (broad SMARTS) is 1. The van der Waals surface area contributed by atoms with Gasteiger partial charge >= 0.3 is 12.0 Å². The number of urea groups is 1. The molecule has 2 N–H and O–H groups in total. The molecule has 0 saturated carbocycles. The van der Waals surface area contributed by atoms with Crippen molar-refractivity contribution in [3.8, 4) is 0 Å². The van der Waals surface area contributed by atoms with Crippen LogP contribution in [0.3, 0.4) is 0 Å². The van der Waals surface area contributed by atoms with E-state index in [4.69, 9.17) is 5.11 Å². The van der Waals surface area contributed by atoms with E-state index >= 15 is 0 Å². The van der Waals surface area contributed by atoms with Gasteiger partial charge in [-0.1, -0.05) is 6.92 Å². The second-order valence-corrected chi connectivity index (χ2v) is 5.57. The molecule has 0 aliphatic carbocycles. The molecule has 114 valence electrons. The third-order valence-electron chi connectivity index (χ3n) is 3.39. The number of rotatable bonds is 4. The predicted molar refractivity (Wildman–Crippen MR) is 73.2 cm³/mol. The Kier molecular flexibility index (Phi) is 5.94. The van der Waals surface area contributed by atoms with Crippen molar-refractivity contribution in [3.05, 3.63) is 0 Å². The van der Waals surface area contributed by atoms with Crippen LogP contribution >= 0.6 is 0 Å². The number of aliphatic carboxylic acids is 1. The molecule has 0 aromatic heterocycles. The summed E-state index contributed by atoms with van der Waals surface area (Å²) in [6.45, 7) is 5.75. The molecule has 2 atom stereocenters. The summed E-state index contributed by atoms with van der Waals surface area (Å²) in [4.78, 5) is 38.0. The van der Waals surface area contributed by atoms with Crippen molar-refractivity contribution >= 4 is 17.9 Å². The van der Waals surface area contributed by atoms with Gasteiger partial charge in [-0.15, -0.1) is 0 Å². The first-order valence-electron chi connectivity index (χ1n) is 6.80. The monoisotopic (exact) mass is 285 g/mol. The van der Waals surface area contributed by atoms with Crippen LogP contribution in [0, 0.1) is 5.92 Å². The third-order valence-corrected chi connectivity index (χ3v) is 3.39. The van der Waals surface area contributed by atoms with Gasteiger partial charge in [0.2, 0.25) is 5.91 Å². The molecule has 0 radical (unpaired) electrons. The maximum atomic E-state index is 12.0. The van der Waals surface area contributed by atoms with Crippen molar-refractivity contribution in [2.45, 2.75) is 32.7 Å². The van der Waals surface area contributed by atoms with Crippen LogP contribution in [0.4, 0.5) is 4.79 Å². The minimum absolute atomic E-state index is 0.0418. The molecule has 0 bridgehead atoms. The van der Waals surface area contributed by atoms with Crippen LogP contribution in [0.5, 0.6) is 0 Å². The average Bonchev–Trinajstić information content (AvgIpc) is 2.26. The summed E-state index contributed by atoms with van der Waals surface area (Å²) in [5.41, 5.74) is 0. The largest absolute Gasteiger partial charge is 0.481 e. The number of carbonyl (C=O) groups excluding carboxylic acids is 2. The fourth-order valence-corrected chi connectivity index (χ4v) is 2.37. The number of hydrogen-bond acceptors (Lipinski definition) is 4. The zero-order valence-corrected chi connectivity index (χ0v) is 12.3. The van der Waals surface area contributed by atoms with Crippen molar-refractivity contribution in [1.82, 2.24) is 15.1 Å². The number of piperazine rings is 1. The lowest BCUT2D eigenvalue weighted by molar-refractivity contribution is -0.138. The number of nitrogens with one attached hydrogen (secondary N) is 1. The lowest BCUT2D eigenvalue weighted by Gasteiger charge is -2.37. The number of hydrogen-bond donors (Lipinski definition) is 2. The Bertz CT molecular complexity index is 386. The standard InChI is InChI=1S/C13H23N3O4/c1-9(7-12(18)19)6-11(17)14-13(20)16-5-4-15(3)8-10(16)2/h9-10H,4-8H2,1-3H3,(H,18,19)(H,14,17,20). The molecule has 1 heterocycles. The summed E-state index contributed by atoms with van der Waals surface area (Å²) in [6, 6.07) is -0.337. The van der Waals surface area contributed by atoms with Gasteiger partial charge in [0.25, 0.3) is 0 Å². The lowest BCUT2D eigenvalue weighted by atomic mass is 10.0. The number of carbonyl (C=O) groups is 3. The first kappa shape index (κ1) is 16.4. The van der Waals surface area contributed by atoms with E-state index in [1.165, 1.54) is 0 Å². The van der Waals surface area contributed by atoms with E-state index in [0.29, 0.717) is 6.54 Å². The minimum atomic E-state index is -0.940. The zero-order chi connectivity index (χ0) is 15.3. The fraction of sp³-hybridized carbons (Fsp3) is 0.769. The Morgan fingerprint density at radius 2 is 1.95 bits per heavy atom. The Morgan fingerprint density at radius 1 is 1.30 bits per heavy atom. The minimum Gasteiger partial charge on any atom is -0.481 e. The quantitative estimate of drug-likeness (QED) is 0.778. The van der Waals surface area contributed by atoms with Gasteiger partial charge in [0.15, 0.2) is 0 Å². The first-order chi connectivity index (χ1) is 9.29. The number of amides is 3. The molecular weight excluding hydrogens is 262 g/mol. The zero-order valence-electron chi connectivity index (χ0n) is 12.3. The summed E-state index contributed by atoms with van der Waals surface area (Å²) in [5, 5.41) is 11.0. The lowest BCUT2D eigenvalue weighted by Crippen LogP contribution is -2.56. The smallest absolute Gasteiger partial charge is 0.324 e. The van der Waals surface area contributed by atoms with E-state index in [0.717, 1.165) is 13.1 Å². The van der Waals surface area contributed by atoms with Crippen molar-refractivity contribution < 1.29 is 19.5 Å². The molecule has 1 rings (SSSR count). The van der Waals surface area contributed by atoms with Crippen molar-refractivity contribution in [2.24, 2.45) is 5.92 Å². The topological polar surface area (TPSA) is 89.9 Å². The van der Waals surface area contributed by atoms with E-state index in [1.54, 1.807) is 11.8 Å². The van der Waals surface area contributed by atoms with Crippen LogP contribution in [0.2, 0.25) is 0 Å². The first-order valence-corrected chi connectivity index (χ1v) is 6.80. The second kappa shape index (κ2) is 7.23. The molecule has 2 unspecified atom stereocenters. The molecule has 7 nitrogen and oxygen atoms in total. The Hall–Kier alpha value is -1.63. The van der Waals surface area contributed by atoms with Gasteiger partial charge in [-0.05, 0) is 19.9 Å². The molecule has 1 saturated heterocycles. The van der Waals surface area contributed by atoms with Gasteiger partial charge in [0.1, 0.15) is 0 Å². The fourth-order valence-electron chi connectivity index (χ4n) is 2.37. The van der Waals surface area contributed by atoms with E-state index < -0.39 is 17.9 Å². The molecule has 0 aromatic rings. The molecule has 1 fully saturated rings. The van der Waals surface area contributed by atoms with Crippen LogP contribution < -0.4 is 5.32 Å². The molecule has 7 heteroatoms. The van der Waals surface area contributed by atoms with Gasteiger partial charge in [-0.25, -0.2) is 4.79 Å². The van der Waals surface area contributed by atoms with Crippen molar-refractivity contribution in [3.63, 3.8) is 0 Å². The Balaban J connectivity index is 2.41. The molecular formula is C13H23N3O4. The summed E-state index contributed by atoms with van der Waals surface area (Å²) >= 11 is 0. The second-order valence-electron chi connectivity index (χ2n) is 5.57. The average molecular weight is 285 g/mol. The highest BCUT2D eigenvalue weighted by Crippen LogP contribution is 2.10. The molecule has 0 aromatic carbocycles. The van der Waals surface area contributed by atoms with Gasteiger partial charge < -0.3 is 14.9 Å². The van der Waals surface area contributed by atoms with Crippen LogP contribution in [0.1, 0.15) is 26.7 Å². The molecule has 1 aliphatic rings. The molecule has 20 heavy (non-hydrogen) atoms.